The molecule has 10 aromatic rings. The average Bonchev–Trinajstić information content (AvgIpc) is 3.78. The number of nitrogens with one attached hydrogen (secondary N) is 2. The minimum atomic E-state index is -0.0323. The molecule has 3 atom stereocenters. The second-order valence-corrected chi connectivity index (χ2v) is 14.8. The molecular weight excluding hydrogens is 683 g/mol. The van der Waals surface area contributed by atoms with E-state index in [-0.39, 0.29) is 18.5 Å². The lowest BCUT2D eigenvalue weighted by atomic mass is 10.0. The largest absolute Gasteiger partial charge is 0.309 e. The summed E-state index contributed by atoms with van der Waals surface area (Å²) in [7, 11) is 0. The Morgan fingerprint density at radius 2 is 0.839 bits per heavy atom. The van der Waals surface area contributed by atoms with Crippen LogP contribution < -0.4 is 16.0 Å². The Morgan fingerprint density at radius 1 is 0.339 bits per heavy atom. The lowest BCUT2D eigenvalue weighted by Crippen LogP contribution is -2.94. The molecule has 0 saturated carbocycles. The lowest BCUT2D eigenvalue weighted by Gasteiger charge is -2.36. The zero-order valence-corrected chi connectivity index (χ0v) is 30.8. The Hall–Kier alpha value is -6.76. The summed E-state index contributed by atoms with van der Waals surface area (Å²) in [6, 6.07) is 72.6. The van der Waals surface area contributed by atoms with Crippen LogP contribution in [0.2, 0.25) is 0 Å². The predicted octanol–water partition coefficient (Wildman–Crippen LogP) is 10.7. The first-order chi connectivity index (χ1) is 27.8. The Labute approximate surface area is 325 Å². The maximum atomic E-state index is 3.96. The normalized spacial score (nSPS) is 17.2. The van der Waals surface area contributed by atoms with Crippen molar-refractivity contribution < 1.29 is 5.32 Å². The van der Waals surface area contributed by atoms with Crippen LogP contribution in [-0.4, -0.2) is 9.13 Å². The molecule has 56 heavy (non-hydrogen) atoms. The molecule has 5 nitrogen and oxygen atoms in total. The predicted molar refractivity (Wildman–Crippen MR) is 230 cm³/mol. The summed E-state index contributed by atoms with van der Waals surface area (Å²) in [6.07, 6.45) is 0.0112. The number of para-hydroxylation sites is 3. The van der Waals surface area contributed by atoms with Gasteiger partial charge in [-0.2, -0.15) is 0 Å². The first-order valence-corrected chi connectivity index (χ1v) is 19.5. The number of rotatable bonds is 6. The minimum Gasteiger partial charge on any atom is -0.309 e. The van der Waals surface area contributed by atoms with Gasteiger partial charge in [0.1, 0.15) is 0 Å². The molecule has 11 rings (SSSR count). The van der Waals surface area contributed by atoms with Crippen LogP contribution >= 0.6 is 0 Å². The van der Waals surface area contributed by atoms with Gasteiger partial charge in [0.05, 0.1) is 28.2 Å². The van der Waals surface area contributed by atoms with E-state index in [4.69, 9.17) is 0 Å². The SMILES string of the molecule is c1ccc(-c2ccc(C3NC(c4ccccc4)NC(c4cccc(-n5c6ccccc6c6cc7c8ccccc8n(-c8ccccc8)c7cc65)c4)[NH2+]3)cc2)cc1. The molecule has 3 heterocycles. The number of nitrogens with two attached hydrogens (primary N) is 1. The van der Waals surface area contributed by atoms with Gasteiger partial charge in [0, 0.05) is 44.0 Å². The first kappa shape index (κ1) is 32.7. The third kappa shape index (κ3) is 5.52. The summed E-state index contributed by atoms with van der Waals surface area (Å²) in [5, 5.41) is 15.3. The molecule has 1 aliphatic rings. The summed E-state index contributed by atoms with van der Waals surface area (Å²) in [4.78, 5) is 0. The van der Waals surface area contributed by atoms with Crippen molar-refractivity contribution in [2.75, 3.05) is 0 Å². The van der Waals surface area contributed by atoms with E-state index in [1.54, 1.807) is 0 Å². The van der Waals surface area contributed by atoms with Gasteiger partial charge >= 0.3 is 0 Å². The van der Waals surface area contributed by atoms with Crippen LogP contribution in [0.5, 0.6) is 0 Å². The van der Waals surface area contributed by atoms with E-state index in [0.717, 1.165) is 11.4 Å². The van der Waals surface area contributed by atoms with E-state index < -0.39 is 0 Å². The first-order valence-electron chi connectivity index (χ1n) is 19.5. The molecule has 1 fully saturated rings. The molecule has 5 heteroatoms. The minimum absolute atomic E-state index is 0.000570. The monoisotopic (exact) mass is 722 g/mol. The van der Waals surface area contributed by atoms with Gasteiger partial charge < -0.3 is 14.5 Å². The van der Waals surface area contributed by atoms with Crippen LogP contribution in [0.15, 0.2) is 200 Å². The number of hydrogen-bond donors (Lipinski definition) is 3. The Morgan fingerprint density at radius 3 is 1.50 bits per heavy atom. The summed E-state index contributed by atoms with van der Waals surface area (Å²) in [5.41, 5.74) is 13.2. The van der Waals surface area contributed by atoms with E-state index in [0.29, 0.717) is 0 Å². The molecule has 0 aliphatic carbocycles. The number of nitrogens with zero attached hydrogens (tertiary/aromatic N) is 2. The van der Waals surface area contributed by atoms with Crippen molar-refractivity contribution in [2.24, 2.45) is 0 Å². The molecule has 2 aromatic heterocycles. The van der Waals surface area contributed by atoms with Gasteiger partial charge in [-0.05, 0) is 65.2 Å². The highest BCUT2D eigenvalue weighted by Gasteiger charge is 2.33. The van der Waals surface area contributed by atoms with Crippen LogP contribution in [0.1, 0.15) is 35.2 Å². The Bertz CT molecular complexity index is 3000. The molecular formula is C51H40N5+. The number of aromatic nitrogens is 2. The summed E-state index contributed by atoms with van der Waals surface area (Å²) in [5.74, 6) is 0. The standard InChI is InChI=1S/C51H39N5/c1-4-15-34(16-5-1)35-27-29-37(30-28-35)50-52-49(36-17-6-2-7-18-36)53-51(54-50)38-19-14-22-40(31-38)56-46-26-13-11-24-42(46)44-32-43-41-23-10-12-25-45(41)55(47(43)33-48(44)56)39-20-8-3-9-21-39/h1-33,49-54H/p+1. The van der Waals surface area contributed by atoms with Crippen LogP contribution in [-0.2, 0) is 0 Å². The molecule has 0 amide bonds. The Kier molecular flexibility index (Phi) is 7.88. The van der Waals surface area contributed by atoms with E-state index in [1.165, 1.54) is 71.4 Å². The van der Waals surface area contributed by atoms with Crippen LogP contribution in [0.4, 0.5) is 0 Å². The number of benzene rings is 8. The maximum Gasteiger partial charge on any atom is 0.169 e. The van der Waals surface area contributed by atoms with E-state index >= 15 is 0 Å². The van der Waals surface area contributed by atoms with Gasteiger partial charge in [-0.15, -0.1) is 0 Å². The van der Waals surface area contributed by atoms with Gasteiger partial charge in [0.25, 0.3) is 0 Å². The zero-order valence-electron chi connectivity index (χ0n) is 30.8. The van der Waals surface area contributed by atoms with Crippen molar-refractivity contribution in [3.8, 4) is 22.5 Å². The molecule has 1 aliphatic heterocycles. The molecule has 8 aromatic carbocycles. The van der Waals surface area contributed by atoms with Gasteiger partial charge in [0.2, 0.25) is 0 Å². The molecule has 268 valence electrons. The van der Waals surface area contributed by atoms with Gasteiger partial charge in [-0.1, -0.05) is 152 Å². The molecule has 0 spiro atoms. The van der Waals surface area contributed by atoms with Crippen LogP contribution in [0.3, 0.4) is 0 Å². The molecule has 0 bridgehead atoms. The van der Waals surface area contributed by atoms with Crippen molar-refractivity contribution in [3.63, 3.8) is 0 Å². The zero-order chi connectivity index (χ0) is 37.0. The van der Waals surface area contributed by atoms with Gasteiger partial charge in [0.15, 0.2) is 12.3 Å². The van der Waals surface area contributed by atoms with Crippen LogP contribution in [0, 0.1) is 0 Å². The van der Waals surface area contributed by atoms with E-state index in [2.05, 4.69) is 225 Å². The highest BCUT2D eigenvalue weighted by molar-refractivity contribution is 6.19. The molecule has 1 saturated heterocycles. The highest BCUT2D eigenvalue weighted by atomic mass is 15.4. The van der Waals surface area contributed by atoms with Crippen molar-refractivity contribution in [1.82, 2.24) is 19.8 Å². The fourth-order valence-corrected chi connectivity index (χ4v) is 8.90. The number of quaternary nitrogens is 1. The second kappa shape index (κ2) is 13.5. The molecule has 0 radical (unpaired) electrons. The third-order valence-corrected chi connectivity index (χ3v) is 11.6. The smallest absolute Gasteiger partial charge is 0.169 e. The summed E-state index contributed by atoms with van der Waals surface area (Å²) < 4.78 is 4.86. The van der Waals surface area contributed by atoms with E-state index in [1.807, 2.05) is 0 Å². The number of hydrogen-bond acceptors (Lipinski definition) is 2. The topological polar surface area (TPSA) is 50.5 Å². The molecule has 4 N–H and O–H groups in total. The highest BCUT2D eigenvalue weighted by Crippen LogP contribution is 2.40. The van der Waals surface area contributed by atoms with Crippen molar-refractivity contribution in [3.05, 3.63) is 217 Å². The second-order valence-electron chi connectivity index (χ2n) is 14.8. The van der Waals surface area contributed by atoms with Crippen molar-refractivity contribution >= 4 is 43.6 Å². The van der Waals surface area contributed by atoms with Gasteiger partial charge in [-0.25, -0.2) is 10.6 Å². The quantitative estimate of drug-likeness (QED) is 0.160. The average molecular weight is 723 g/mol. The fraction of sp³-hybridized carbons (Fsp3) is 0.0588. The van der Waals surface area contributed by atoms with Gasteiger partial charge in [-0.3, -0.25) is 0 Å². The molecule has 3 unspecified atom stereocenters. The van der Waals surface area contributed by atoms with Crippen molar-refractivity contribution in [2.45, 2.75) is 18.5 Å². The van der Waals surface area contributed by atoms with E-state index in [9.17, 15) is 0 Å². The fourth-order valence-electron chi connectivity index (χ4n) is 8.90. The lowest BCUT2D eigenvalue weighted by molar-refractivity contribution is -0.755. The van der Waals surface area contributed by atoms with Crippen molar-refractivity contribution in [1.29, 1.82) is 0 Å². The summed E-state index contributed by atoms with van der Waals surface area (Å²) in [6.45, 7) is 0. The summed E-state index contributed by atoms with van der Waals surface area (Å²) >= 11 is 0. The third-order valence-electron chi connectivity index (χ3n) is 11.6. The van der Waals surface area contributed by atoms with Crippen LogP contribution in [0.25, 0.3) is 66.1 Å². The Balaban J connectivity index is 1.04. The number of fused-ring (bicyclic) bond motifs is 6. The maximum absolute atomic E-state index is 3.96.